The van der Waals surface area contributed by atoms with Crippen LogP contribution in [-0.4, -0.2) is 40.5 Å². The third-order valence-corrected chi connectivity index (χ3v) is 5.22. The van der Waals surface area contributed by atoms with E-state index in [-0.39, 0.29) is 25.2 Å². The van der Waals surface area contributed by atoms with E-state index in [1.54, 1.807) is 0 Å². The predicted molar refractivity (Wildman–Crippen MR) is 116 cm³/mol. The zero-order valence-electron chi connectivity index (χ0n) is 18.4. The van der Waals surface area contributed by atoms with E-state index in [9.17, 15) is 14.4 Å². The van der Waals surface area contributed by atoms with Crippen molar-refractivity contribution in [1.82, 2.24) is 5.32 Å². The summed E-state index contributed by atoms with van der Waals surface area (Å²) in [4.78, 5) is 34.5. The summed E-state index contributed by atoms with van der Waals surface area (Å²) in [7, 11) is 0. The van der Waals surface area contributed by atoms with Crippen LogP contribution in [0.4, 0.5) is 0 Å². The van der Waals surface area contributed by atoms with Gasteiger partial charge in [0.15, 0.2) is 0 Å². The fourth-order valence-electron chi connectivity index (χ4n) is 3.42. The summed E-state index contributed by atoms with van der Waals surface area (Å²) >= 11 is 0. The zero-order chi connectivity index (χ0) is 21.7. The van der Waals surface area contributed by atoms with Crippen molar-refractivity contribution in [3.05, 3.63) is 0 Å². The molecule has 1 atom stereocenters. The van der Waals surface area contributed by atoms with E-state index >= 15 is 0 Å². The first kappa shape index (κ1) is 27.6. The number of aliphatic hydroxyl groups is 1. The molecule has 170 valence electrons. The van der Waals surface area contributed by atoms with E-state index in [4.69, 9.17) is 10.2 Å². The van der Waals surface area contributed by atoms with E-state index in [1.807, 2.05) is 0 Å². The second-order valence-electron chi connectivity index (χ2n) is 8.03. The highest BCUT2D eigenvalue weighted by molar-refractivity contribution is 5.99. The average Bonchev–Trinajstić information content (AvgIpc) is 2.67. The smallest absolute Gasteiger partial charge is 0.326 e. The number of rotatable bonds is 21. The van der Waals surface area contributed by atoms with Gasteiger partial charge in [-0.15, -0.1) is 0 Å². The quantitative estimate of drug-likeness (QED) is 0.186. The molecular weight excluding hydrogens is 370 g/mol. The average molecular weight is 414 g/mol. The summed E-state index contributed by atoms with van der Waals surface area (Å²) in [6.07, 6.45) is 17.5. The maximum atomic E-state index is 11.8. The van der Waals surface area contributed by atoms with Crippen LogP contribution in [0.25, 0.3) is 0 Å². The molecule has 0 rings (SSSR count). The standard InChI is InChI=1S/C23H43NO5/c1-2-3-4-5-6-7-8-9-10-11-12-13-14-15-16-20(26)19-22(27)24-21(17-18-25)23(28)29/h21,25H,2-19H2,1H3,(H,24,27)(H,28,29)/t21-/m0/s1. The lowest BCUT2D eigenvalue weighted by Crippen LogP contribution is -2.42. The Labute approximate surface area is 176 Å². The van der Waals surface area contributed by atoms with E-state index in [2.05, 4.69) is 12.2 Å². The van der Waals surface area contributed by atoms with Crippen molar-refractivity contribution in [2.24, 2.45) is 0 Å². The number of hydrogen-bond donors (Lipinski definition) is 3. The van der Waals surface area contributed by atoms with Gasteiger partial charge in [-0.1, -0.05) is 90.4 Å². The number of nitrogens with one attached hydrogen (secondary N) is 1. The first-order valence-electron chi connectivity index (χ1n) is 11.7. The number of Topliss-reactive ketones (excluding diaryl/α,β-unsaturated/α-hetero) is 1. The van der Waals surface area contributed by atoms with Gasteiger partial charge in [-0.3, -0.25) is 9.59 Å². The van der Waals surface area contributed by atoms with Gasteiger partial charge in [0.05, 0.1) is 6.42 Å². The number of carboxylic acid groups (broad SMARTS) is 1. The van der Waals surface area contributed by atoms with Gasteiger partial charge in [0.2, 0.25) is 5.91 Å². The van der Waals surface area contributed by atoms with E-state index in [0.29, 0.717) is 6.42 Å². The lowest BCUT2D eigenvalue weighted by molar-refractivity contribution is -0.143. The Morgan fingerprint density at radius 2 is 1.21 bits per heavy atom. The summed E-state index contributed by atoms with van der Waals surface area (Å²) in [6, 6.07) is -1.14. The summed E-state index contributed by atoms with van der Waals surface area (Å²) in [6.45, 7) is 1.92. The van der Waals surface area contributed by atoms with Gasteiger partial charge in [-0.2, -0.15) is 0 Å². The van der Waals surface area contributed by atoms with E-state index in [0.717, 1.165) is 19.3 Å². The predicted octanol–water partition coefficient (Wildman–Crippen LogP) is 4.77. The molecule has 0 spiro atoms. The van der Waals surface area contributed by atoms with Crippen LogP contribution < -0.4 is 5.32 Å². The number of hydrogen-bond acceptors (Lipinski definition) is 4. The first-order chi connectivity index (χ1) is 14.0. The van der Waals surface area contributed by atoms with Gasteiger partial charge >= 0.3 is 5.97 Å². The number of carbonyl (C=O) groups excluding carboxylic acids is 2. The molecule has 0 aromatic rings. The molecule has 0 aliphatic rings. The van der Waals surface area contributed by atoms with Crippen LogP contribution >= 0.6 is 0 Å². The molecule has 0 heterocycles. The lowest BCUT2D eigenvalue weighted by atomic mass is 10.0. The summed E-state index contributed by atoms with van der Waals surface area (Å²) < 4.78 is 0. The maximum absolute atomic E-state index is 11.8. The SMILES string of the molecule is CCCCCCCCCCCCCCCCC(=O)CC(=O)N[C@@H](CCO)C(=O)O. The number of carbonyl (C=O) groups is 3. The van der Waals surface area contributed by atoms with Crippen LogP contribution in [0.15, 0.2) is 0 Å². The van der Waals surface area contributed by atoms with Crippen LogP contribution in [-0.2, 0) is 14.4 Å². The molecule has 29 heavy (non-hydrogen) atoms. The van der Waals surface area contributed by atoms with Crippen LogP contribution in [0.3, 0.4) is 0 Å². The maximum Gasteiger partial charge on any atom is 0.326 e. The number of ketones is 1. The fraction of sp³-hybridized carbons (Fsp3) is 0.870. The van der Waals surface area contributed by atoms with Gasteiger partial charge < -0.3 is 15.5 Å². The molecule has 0 aromatic heterocycles. The van der Waals surface area contributed by atoms with Crippen LogP contribution in [0.1, 0.15) is 116 Å². The molecule has 0 saturated heterocycles. The minimum Gasteiger partial charge on any atom is -0.480 e. The van der Waals surface area contributed by atoms with Crippen molar-refractivity contribution in [2.75, 3.05) is 6.61 Å². The van der Waals surface area contributed by atoms with Gasteiger partial charge in [-0.25, -0.2) is 4.79 Å². The monoisotopic (exact) mass is 413 g/mol. The molecule has 0 fully saturated rings. The van der Waals surface area contributed by atoms with Gasteiger partial charge in [0.1, 0.15) is 11.8 Å². The largest absolute Gasteiger partial charge is 0.480 e. The number of aliphatic hydroxyl groups excluding tert-OH is 1. The Bertz CT molecular complexity index is 439. The zero-order valence-corrected chi connectivity index (χ0v) is 18.4. The number of unbranched alkanes of at least 4 members (excludes halogenated alkanes) is 13. The molecule has 0 aromatic carbocycles. The third kappa shape index (κ3) is 18.3. The second kappa shape index (κ2) is 19.9. The highest BCUT2D eigenvalue weighted by Gasteiger charge is 2.20. The van der Waals surface area contributed by atoms with Gasteiger partial charge in [0.25, 0.3) is 0 Å². The van der Waals surface area contributed by atoms with Crippen LogP contribution in [0.2, 0.25) is 0 Å². The molecule has 0 bridgehead atoms. The minimum absolute atomic E-state index is 0.0613. The first-order valence-corrected chi connectivity index (χ1v) is 11.7. The number of aliphatic carboxylic acids is 1. The van der Waals surface area contributed by atoms with Crippen LogP contribution in [0.5, 0.6) is 0 Å². The fourth-order valence-corrected chi connectivity index (χ4v) is 3.42. The molecule has 0 radical (unpaired) electrons. The molecule has 0 saturated carbocycles. The summed E-state index contributed by atoms with van der Waals surface area (Å²) in [5.74, 6) is -1.94. The molecule has 0 aliphatic heterocycles. The van der Waals surface area contributed by atoms with Crippen molar-refractivity contribution in [1.29, 1.82) is 0 Å². The van der Waals surface area contributed by atoms with Crippen molar-refractivity contribution in [3.63, 3.8) is 0 Å². The molecule has 1 amide bonds. The Kier molecular flexibility index (Phi) is 18.9. The lowest BCUT2D eigenvalue weighted by Gasteiger charge is -2.12. The second-order valence-corrected chi connectivity index (χ2v) is 8.03. The normalized spacial score (nSPS) is 11.9. The molecule has 6 nitrogen and oxygen atoms in total. The molecule has 0 unspecified atom stereocenters. The van der Waals surface area contributed by atoms with Gasteiger partial charge in [0, 0.05) is 19.4 Å². The Morgan fingerprint density at radius 1 is 0.759 bits per heavy atom. The van der Waals surface area contributed by atoms with Crippen LogP contribution in [0, 0.1) is 0 Å². The van der Waals surface area contributed by atoms with Crippen molar-refractivity contribution in [2.45, 2.75) is 122 Å². The Balaban J connectivity index is 3.49. The summed E-state index contributed by atoms with van der Waals surface area (Å²) in [5, 5.41) is 20.0. The highest BCUT2D eigenvalue weighted by atomic mass is 16.4. The summed E-state index contributed by atoms with van der Waals surface area (Å²) in [5.41, 5.74) is 0. The van der Waals surface area contributed by atoms with Gasteiger partial charge in [-0.05, 0) is 6.42 Å². The number of amides is 1. The van der Waals surface area contributed by atoms with Crippen molar-refractivity contribution >= 4 is 17.7 Å². The third-order valence-electron chi connectivity index (χ3n) is 5.22. The molecule has 6 heteroatoms. The highest BCUT2D eigenvalue weighted by Crippen LogP contribution is 2.13. The molecular formula is C23H43NO5. The molecule has 0 aliphatic carbocycles. The van der Waals surface area contributed by atoms with Crippen molar-refractivity contribution in [3.8, 4) is 0 Å². The number of carboxylic acids is 1. The van der Waals surface area contributed by atoms with E-state index < -0.39 is 17.9 Å². The topological polar surface area (TPSA) is 104 Å². The van der Waals surface area contributed by atoms with Crippen molar-refractivity contribution < 1.29 is 24.6 Å². The Morgan fingerprint density at radius 3 is 1.62 bits per heavy atom. The van der Waals surface area contributed by atoms with E-state index in [1.165, 1.54) is 70.6 Å². The molecule has 3 N–H and O–H groups in total. The minimum atomic E-state index is -1.20. The Hall–Kier alpha value is -1.43.